The summed E-state index contributed by atoms with van der Waals surface area (Å²) in [6.07, 6.45) is 0.439. The van der Waals surface area contributed by atoms with Gasteiger partial charge >= 0.3 is 5.97 Å². The molecule has 1 amide bonds. The molecule has 98 valence electrons. The van der Waals surface area contributed by atoms with Crippen molar-refractivity contribution in [1.82, 2.24) is 10.3 Å². The monoisotopic (exact) mass is 314 g/mol. The second-order valence-corrected chi connectivity index (χ2v) is 5.06. The number of hydrogen-bond donors (Lipinski definition) is 2. The first kappa shape index (κ1) is 14.6. The Morgan fingerprint density at radius 1 is 1.50 bits per heavy atom. The van der Waals surface area contributed by atoms with E-state index in [9.17, 15) is 9.59 Å². The number of carbonyl (C=O) groups excluding carboxylic acids is 1. The number of rotatable bonds is 5. The molecule has 0 fully saturated rings. The summed E-state index contributed by atoms with van der Waals surface area (Å²) in [6, 6.07) is 4.98. The highest BCUT2D eigenvalue weighted by Gasteiger charge is 2.31. The maximum atomic E-state index is 11.8. The molecule has 1 atom stereocenters. The molecule has 18 heavy (non-hydrogen) atoms. The molecule has 6 heteroatoms. The Labute approximate surface area is 114 Å². The molecule has 0 bridgehead atoms. The summed E-state index contributed by atoms with van der Waals surface area (Å²) in [4.78, 5) is 26.9. The topological polar surface area (TPSA) is 79.3 Å². The highest BCUT2D eigenvalue weighted by molar-refractivity contribution is 9.10. The molecule has 1 aromatic rings. The maximum Gasteiger partial charge on any atom is 0.311 e. The van der Waals surface area contributed by atoms with E-state index in [2.05, 4.69) is 26.2 Å². The average molecular weight is 315 g/mol. The largest absolute Gasteiger partial charge is 0.481 e. The Morgan fingerprint density at radius 2 is 2.17 bits per heavy atom. The first-order chi connectivity index (χ1) is 8.39. The van der Waals surface area contributed by atoms with Gasteiger partial charge in [-0.3, -0.25) is 9.59 Å². The number of carboxylic acids is 1. The Bertz CT molecular complexity index is 464. The van der Waals surface area contributed by atoms with Crippen LogP contribution in [0.2, 0.25) is 0 Å². The number of carboxylic acid groups (broad SMARTS) is 1. The van der Waals surface area contributed by atoms with Crippen LogP contribution in [0.3, 0.4) is 0 Å². The Kier molecular flexibility index (Phi) is 4.84. The molecule has 1 aromatic heterocycles. The minimum Gasteiger partial charge on any atom is -0.481 e. The van der Waals surface area contributed by atoms with Crippen molar-refractivity contribution < 1.29 is 14.7 Å². The van der Waals surface area contributed by atoms with Gasteiger partial charge in [0.05, 0.1) is 5.41 Å². The van der Waals surface area contributed by atoms with E-state index < -0.39 is 11.4 Å². The third-order valence-electron chi connectivity index (χ3n) is 2.88. The quantitative estimate of drug-likeness (QED) is 0.815. The number of aromatic nitrogens is 1. The van der Waals surface area contributed by atoms with E-state index in [0.29, 0.717) is 11.0 Å². The van der Waals surface area contributed by atoms with Gasteiger partial charge in [-0.15, -0.1) is 0 Å². The molecule has 0 saturated heterocycles. The van der Waals surface area contributed by atoms with E-state index in [0.717, 1.165) is 0 Å². The standard InChI is InChI=1S/C12H15BrN2O3/c1-3-12(2,11(17)18)7-14-10(16)8-5-4-6-9(13)15-8/h4-6H,3,7H2,1-2H3,(H,14,16)(H,17,18). The summed E-state index contributed by atoms with van der Waals surface area (Å²) in [7, 11) is 0. The molecule has 0 radical (unpaired) electrons. The number of amides is 1. The van der Waals surface area contributed by atoms with Crippen LogP contribution in [-0.2, 0) is 4.79 Å². The lowest BCUT2D eigenvalue weighted by atomic mass is 9.88. The lowest BCUT2D eigenvalue weighted by molar-refractivity contribution is -0.147. The van der Waals surface area contributed by atoms with Crippen molar-refractivity contribution in [2.75, 3.05) is 6.54 Å². The molecule has 1 heterocycles. The third-order valence-corrected chi connectivity index (χ3v) is 3.33. The lowest BCUT2D eigenvalue weighted by Crippen LogP contribution is -2.40. The summed E-state index contributed by atoms with van der Waals surface area (Å²) >= 11 is 3.17. The first-order valence-electron chi connectivity index (χ1n) is 5.53. The van der Waals surface area contributed by atoms with Gasteiger partial charge in [0, 0.05) is 6.54 Å². The van der Waals surface area contributed by atoms with Crippen molar-refractivity contribution >= 4 is 27.8 Å². The van der Waals surface area contributed by atoms with Crippen molar-refractivity contribution in [3.05, 3.63) is 28.5 Å². The second kappa shape index (κ2) is 5.95. The average Bonchev–Trinajstić information content (AvgIpc) is 2.35. The predicted octanol–water partition coefficient (Wildman–Crippen LogP) is 2.07. The van der Waals surface area contributed by atoms with Gasteiger partial charge in [-0.05, 0) is 41.4 Å². The Hall–Kier alpha value is -1.43. The summed E-state index contributed by atoms with van der Waals surface area (Å²) in [5, 5.41) is 11.7. The van der Waals surface area contributed by atoms with Crippen LogP contribution in [0.4, 0.5) is 0 Å². The molecule has 0 aliphatic rings. The fourth-order valence-electron chi connectivity index (χ4n) is 1.25. The predicted molar refractivity (Wildman–Crippen MR) is 70.3 cm³/mol. The SMILES string of the molecule is CCC(C)(CNC(=O)c1cccc(Br)n1)C(=O)O. The van der Waals surface area contributed by atoms with E-state index in [1.165, 1.54) is 0 Å². The van der Waals surface area contributed by atoms with Crippen LogP contribution in [0.15, 0.2) is 22.8 Å². The smallest absolute Gasteiger partial charge is 0.311 e. The molecule has 5 nitrogen and oxygen atoms in total. The number of pyridine rings is 1. The molecule has 0 aliphatic heterocycles. The number of hydrogen-bond acceptors (Lipinski definition) is 3. The van der Waals surface area contributed by atoms with E-state index >= 15 is 0 Å². The van der Waals surface area contributed by atoms with Crippen LogP contribution in [0.25, 0.3) is 0 Å². The number of nitrogens with zero attached hydrogens (tertiary/aromatic N) is 1. The van der Waals surface area contributed by atoms with E-state index in [4.69, 9.17) is 5.11 Å². The van der Waals surface area contributed by atoms with Crippen molar-refractivity contribution in [3.63, 3.8) is 0 Å². The molecule has 2 N–H and O–H groups in total. The molecular formula is C12H15BrN2O3. The van der Waals surface area contributed by atoms with Gasteiger partial charge in [-0.2, -0.15) is 0 Å². The van der Waals surface area contributed by atoms with Crippen molar-refractivity contribution in [3.8, 4) is 0 Å². The van der Waals surface area contributed by atoms with Gasteiger partial charge in [-0.25, -0.2) is 4.98 Å². The van der Waals surface area contributed by atoms with Gasteiger partial charge in [0.2, 0.25) is 0 Å². The zero-order chi connectivity index (χ0) is 13.8. The van der Waals surface area contributed by atoms with Gasteiger partial charge in [-0.1, -0.05) is 13.0 Å². The summed E-state index contributed by atoms with van der Waals surface area (Å²) in [5.74, 6) is -1.30. The number of aliphatic carboxylic acids is 1. The molecule has 0 aliphatic carbocycles. The van der Waals surface area contributed by atoms with E-state index in [1.54, 1.807) is 32.0 Å². The van der Waals surface area contributed by atoms with Gasteiger partial charge in [0.25, 0.3) is 5.91 Å². The zero-order valence-electron chi connectivity index (χ0n) is 10.2. The minimum atomic E-state index is -0.957. The van der Waals surface area contributed by atoms with Crippen LogP contribution < -0.4 is 5.32 Å². The van der Waals surface area contributed by atoms with Crippen LogP contribution in [-0.4, -0.2) is 28.5 Å². The molecule has 1 rings (SSSR count). The van der Waals surface area contributed by atoms with E-state index in [1.807, 2.05) is 0 Å². The van der Waals surface area contributed by atoms with Crippen LogP contribution in [0, 0.1) is 5.41 Å². The van der Waals surface area contributed by atoms with Gasteiger partial charge in [0.15, 0.2) is 0 Å². The second-order valence-electron chi connectivity index (χ2n) is 4.25. The molecule has 1 unspecified atom stereocenters. The maximum absolute atomic E-state index is 11.8. The Morgan fingerprint density at radius 3 is 2.67 bits per heavy atom. The number of halogens is 1. The van der Waals surface area contributed by atoms with Crippen LogP contribution >= 0.6 is 15.9 Å². The molecule has 0 spiro atoms. The number of nitrogens with one attached hydrogen (secondary N) is 1. The van der Waals surface area contributed by atoms with Gasteiger partial charge < -0.3 is 10.4 Å². The van der Waals surface area contributed by atoms with Crippen LogP contribution in [0.1, 0.15) is 30.8 Å². The molecule has 0 saturated carbocycles. The van der Waals surface area contributed by atoms with E-state index in [-0.39, 0.29) is 18.1 Å². The molecule has 0 aromatic carbocycles. The normalized spacial score (nSPS) is 13.7. The van der Waals surface area contributed by atoms with Crippen molar-refractivity contribution in [2.24, 2.45) is 5.41 Å². The minimum absolute atomic E-state index is 0.0753. The van der Waals surface area contributed by atoms with Crippen molar-refractivity contribution in [1.29, 1.82) is 0 Å². The van der Waals surface area contributed by atoms with Crippen molar-refractivity contribution in [2.45, 2.75) is 20.3 Å². The fraction of sp³-hybridized carbons (Fsp3) is 0.417. The Balaban J connectivity index is 2.69. The van der Waals surface area contributed by atoms with Gasteiger partial charge in [0.1, 0.15) is 10.3 Å². The highest BCUT2D eigenvalue weighted by atomic mass is 79.9. The van der Waals surface area contributed by atoms with Crippen LogP contribution in [0.5, 0.6) is 0 Å². The summed E-state index contributed by atoms with van der Waals surface area (Å²) < 4.78 is 0.562. The lowest BCUT2D eigenvalue weighted by Gasteiger charge is -2.23. The summed E-state index contributed by atoms with van der Waals surface area (Å²) in [5.41, 5.74) is -0.699. The first-order valence-corrected chi connectivity index (χ1v) is 6.32. The zero-order valence-corrected chi connectivity index (χ0v) is 11.8. The summed E-state index contributed by atoms with van der Waals surface area (Å²) in [6.45, 7) is 3.45. The molecular weight excluding hydrogens is 300 g/mol. The number of carbonyl (C=O) groups is 2. The third kappa shape index (κ3) is 3.53. The highest BCUT2D eigenvalue weighted by Crippen LogP contribution is 2.20. The fourth-order valence-corrected chi connectivity index (χ4v) is 1.60.